The average Bonchev–Trinajstić information content (AvgIpc) is 2.91. The summed E-state index contributed by atoms with van der Waals surface area (Å²) in [4.78, 5) is 28.8. The second-order valence-corrected chi connectivity index (χ2v) is 5.26. The monoisotopic (exact) mass is 306 g/mol. The molecular weight excluding hydrogens is 298 g/mol. The summed E-state index contributed by atoms with van der Waals surface area (Å²) in [6, 6.07) is 4.32. The predicted octanol–water partition coefficient (Wildman–Crippen LogP) is 2.62. The van der Waals surface area contributed by atoms with E-state index in [-0.39, 0.29) is 17.7 Å². The van der Waals surface area contributed by atoms with E-state index in [1.54, 1.807) is 11.4 Å². The van der Waals surface area contributed by atoms with Crippen LogP contribution in [0.3, 0.4) is 0 Å². The largest absolute Gasteiger partial charge is 0.292 e. The van der Waals surface area contributed by atoms with Crippen molar-refractivity contribution in [2.24, 2.45) is 0 Å². The van der Waals surface area contributed by atoms with Crippen molar-refractivity contribution in [3.8, 4) is 0 Å². The van der Waals surface area contributed by atoms with Gasteiger partial charge < -0.3 is 0 Å². The van der Waals surface area contributed by atoms with Crippen LogP contribution in [0.2, 0.25) is 0 Å². The summed E-state index contributed by atoms with van der Waals surface area (Å²) in [5.41, 5.74) is -0.620. The maximum atomic E-state index is 13.5. The molecule has 3 aromatic rings. The Kier molecular flexibility index (Phi) is 3.34. The molecule has 0 bridgehead atoms. The maximum absolute atomic E-state index is 13.5. The quantitative estimate of drug-likeness (QED) is 0.699. The first kappa shape index (κ1) is 13.6. The molecule has 0 amide bonds. The molecule has 0 atom stereocenters. The van der Waals surface area contributed by atoms with Gasteiger partial charge in [-0.2, -0.15) is 0 Å². The highest BCUT2D eigenvalue weighted by Gasteiger charge is 2.15. The number of thiophene rings is 1. The molecule has 2 heterocycles. The lowest BCUT2D eigenvalue weighted by atomic mass is 10.1. The van der Waals surface area contributed by atoms with E-state index in [1.807, 2.05) is 0 Å². The molecule has 1 aromatic carbocycles. The molecule has 0 fully saturated rings. The summed E-state index contributed by atoms with van der Waals surface area (Å²) < 4.78 is 27.5. The van der Waals surface area contributed by atoms with E-state index < -0.39 is 17.4 Å². The van der Waals surface area contributed by atoms with Crippen LogP contribution < -0.4 is 5.56 Å². The van der Waals surface area contributed by atoms with Crippen molar-refractivity contribution in [2.45, 2.75) is 6.54 Å². The molecule has 0 aliphatic carbocycles. The number of hydrogen-bond acceptors (Lipinski definition) is 4. The lowest BCUT2D eigenvalue weighted by molar-refractivity contribution is 0.0966. The molecule has 0 N–H and O–H groups in total. The van der Waals surface area contributed by atoms with E-state index in [1.165, 1.54) is 17.7 Å². The number of aromatic nitrogens is 2. The maximum Gasteiger partial charge on any atom is 0.262 e. The van der Waals surface area contributed by atoms with Crippen LogP contribution in [0.4, 0.5) is 8.78 Å². The van der Waals surface area contributed by atoms with Crippen LogP contribution >= 0.6 is 11.3 Å². The molecule has 3 rings (SSSR count). The fourth-order valence-corrected chi connectivity index (χ4v) is 2.68. The fourth-order valence-electron chi connectivity index (χ4n) is 1.96. The Labute approximate surface area is 121 Å². The third-order valence-corrected chi connectivity index (χ3v) is 3.82. The van der Waals surface area contributed by atoms with Gasteiger partial charge in [0.05, 0.1) is 23.8 Å². The van der Waals surface area contributed by atoms with Crippen molar-refractivity contribution >= 4 is 27.3 Å². The minimum absolute atomic E-state index is 0.256. The van der Waals surface area contributed by atoms with Gasteiger partial charge in [-0.3, -0.25) is 14.2 Å². The van der Waals surface area contributed by atoms with Gasteiger partial charge in [0, 0.05) is 6.07 Å². The first-order valence-corrected chi connectivity index (χ1v) is 6.85. The SMILES string of the molecule is O=C(Cn1cnc2sccc2c1=O)c1ccc(F)cc1F. The highest BCUT2D eigenvalue weighted by Crippen LogP contribution is 2.14. The standard InChI is InChI=1S/C14H8F2N2O2S/c15-8-1-2-9(11(16)5-8)12(19)6-18-7-17-13-10(14(18)20)3-4-21-13/h1-5,7H,6H2. The lowest BCUT2D eigenvalue weighted by Crippen LogP contribution is -2.24. The van der Waals surface area contributed by atoms with Crippen molar-refractivity contribution < 1.29 is 13.6 Å². The van der Waals surface area contributed by atoms with Crippen LogP contribution in [-0.4, -0.2) is 15.3 Å². The fraction of sp³-hybridized carbons (Fsp3) is 0.0714. The van der Waals surface area contributed by atoms with E-state index in [9.17, 15) is 18.4 Å². The van der Waals surface area contributed by atoms with Crippen molar-refractivity contribution in [3.63, 3.8) is 0 Å². The summed E-state index contributed by atoms with van der Waals surface area (Å²) in [7, 11) is 0. The number of nitrogens with zero attached hydrogens (tertiary/aromatic N) is 2. The number of rotatable bonds is 3. The minimum Gasteiger partial charge on any atom is -0.292 e. The summed E-state index contributed by atoms with van der Waals surface area (Å²) in [6.07, 6.45) is 1.25. The van der Waals surface area contributed by atoms with Gasteiger partial charge in [0.1, 0.15) is 16.5 Å². The second kappa shape index (κ2) is 5.17. The van der Waals surface area contributed by atoms with Gasteiger partial charge in [-0.25, -0.2) is 13.8 Å². The normalized spacial score (nSPS) is 11.0. The summed E-state index contributed by atoms with van der Waals surface area (Å²) in [6.45, 7) is -0.347. The highest BCUT2D eigenvalue weighted by atomic mass is 32.1. The van der Waals surface area contributed by atoms with Gasteiger partial charge in [0.25, 0.3) is 5.56 Å². The molecule has 7 heteroatoms. The van der Waals surface area contributed by atoms with Gasteiger partial charge >= 0.3 is 0 Å². The summed E-state index contributed by atoms with van der Waals surface area (Å²) in [5, 5.41) is 2.14. The number of hydrogen-bond donors (Lipinski definition) is 0. The number of carbonyl (C=O) groups is 1. The smallest absolute Gasteiger partial charge is 0.262 e. The number of halogens is 2. The topological polar surface area (TPSA) is 52.0 Å². The Hall–Kier alpha value is -2.41. The Morgan fingerprint density at radius 2 is 2.10 bits per heavy atom. The number of ketones is 1. The van der Waals surface area contributed by atoms with Crippen LogP contribution in [0.1, 0.15) is 10.4 Å². The average molecular weight is 306 g/mol. The van der Waals surface area contributed by atoms with Gasteiger partial charge in [-0.1, -0.05) is 0 Å². The molecule has 21 heavy (non-hydrogen) atoms. The van der Waals surface area contributed by atoms with Crippen LogP contribution in [0.15, 0.2) is 40.8 Å². The zero-order chi connectivity index (χ0) is 15.0. The number of Topliss-reactive ketones (excluding diaryl/α,β-unsaturated/α-hetero) is 1. The molecule has 0 aliphatic rings. The molecule has 106 valence electrons. The Morgan fingerprint density at radius 3 is 2.86 bits per heavy atom. The predicted molar refractivity (Wildman–Crippen MR) is 74.6 cm³/mol. The van der Waals surface area contributed by atoms with E-state index in [0.717, 1.165) is 16.7 Å². The van der Waals surface area contributed by atoms with Gasteiger partial charge in [0.15, 0.2) is 5.78 Å². The van der Waals surface area contributed by atoms with Gasteiger partial charge in [0.2, 0.25) is 0 Å². The molecule has 0 saturated heterocycles. The first-order valence-electron chi connectivity index (χ1n) is 5.97. The van der Waals surface area contributed by atoms with Crippen molar-refractivity contribution in [1.29, 1.82) is 0 Å². The van der Waals surface area contributed by atoms with E-state index in [0.29, 0.717) is 16.3 Å². The van der Waals surface area contributed by atoms with Crippen molar-refractivity contribution in [1.82, 2.24) is 9.55 Å². The van der Waals surface area contributed by atoms with Crippen LogP contribution in [-0.2, 0) is 6.54 Å². The molecule has 2 aromatic heterocycles. The minimum atomic E-state index is -0.947. The second-order valence-electron chi connectivity index (χ2n) is 4.36. The van der Waals surface area contributed by atoms with Crippen LogP contribution in [0.5, 0.6) is 0 Å². The number of carbonyl (C=O) groups excluding carboxylic acids is 1. The van der Waals surface area contributed by atoms with Crippen LogP contribution in [0, 0.1) is 11.6 Å². The zero-order valence-electron chi connectivity index (χ0n) is 10.5. The molecule has 0 aliphatic heterocycles. The molecule has 0 saturated carbocycles. The Bertz CT molecular complexity index is 901. The van der Waals surface area contributed by atoms with Gasteiger partial charge in [-0.05, 0) is 23.6 Å². The molecule has 4 nitrogen and oxygen atoms in total. The Balaban J connectivity index is 1.96. The van der Waals surface area contributed by atoms with E-state index in [4.69, 9.17) is 0 Å². The summed E-state index contributed by atoms with van der Waals surface area (Å²) in [5.74, 6) is -2.33. The highest BCUT2D eigenvalue weighted by molar-refractivity contribution is 7.16. The number of benzene rings is 1. The molecule has 0 spiro atoms. The van der Waals surface area contributed by atoms with Crippen molar-refractivity contribution in [3.05, 3.63) is 63.5 Å². The van der Waals surface area contributed by atoms with Gasteiger partial charge in [-0.15, -0.1) is 11.3 Å². The molecule has 0 unspecified atom stereocenters. The molecule has 0 radical (unpaired) electrons. The third kappa shape index (κ3) is 2.47. The lowest BCUT2D eigenvalue weighted by Gasteiger charge is -2.05. The number of fused-ring (bicyclic) bond motifs is 1. The third-order valence-electron chi connectivity index (χ3n) is 3.00. The van der Waals surface area contributed by atoms with E-state index >= 15 is 0 Å². The first-order chi connectivity index (χ1) is 10.1. The van der Waals surface area contributed by atoms with E-state index in [2.05, 4.69) is 4.98 Å². The molecular formula is C14H8F2N2O2S. The van der Waals surface area contributed by atoms with Crippen LogP contribution in [0.25, 0.3) is 10.2 Å². The Morgan fingerprint density at radius 1 is 1.29 bits per heavy atom. The summed E-state index contributed by atoms with van der Waals surface area (Å²) >= 11 is 1.32. The van der Waals surface area contributed by atoms with Crippen molar-refractivity contribution in [2.75, 3.05) is 0 Å². The zero-order valence-corrected chi connectivity index (χ0v) is 11.4.